The molecular weight excluding hydrogens is 304 g/mol. The van der Waals surface area contributed by atoms with Gasteiger partial charge in [-0.15, -0.1) is 0 Å². The van der Waals surface area contributed by atoms with Gasteiger partial charge in [0.1, 0.15) is 0 Å². The highest BCUT2D eigenvalue weighted by Crippen LogP contribution is 2.20. The first-order chi connectivity index (χ1) is 11.3. The van der Waals surface area contributed by atoms with E-state index in [1.54, 1.807) is 24.3 Å². The van der Waals surface area contributed by atoms with Gasteiger partial charge in [-0.1, -0.05) is 26.8 Å². The van der Waals surface area contributed by atoms with Gasteiger partial charge in [-0.3, -0.25) is 9.59 Å². The van der Waals surface area contributed by atoms with E-state index in [2.05, 4.69) is 5.32 Å². The number of nitrogens with zero attached hydrogens (tertiary/aromatic N) is 1. The van der Waals surface area contributed by atoms with Crippen LogP contribution >= 0.6 is 0 Å². The number of hydrogen-bond donors (Lipinski definition) is 1. The predicted molar refractivity (Wildman–Crippen MR) is 95.1 cm³/mol. The van der Waals surface area contributed by atoms with E-state index < -0.39 is 5.41 Å². The van der Waals surface area contributed by atoms with Gasteiger partial charge in [0, 0.05) is 36.4 Å². The lowest BCUT2D eigenvalue weighted by Gasteiger charge is -2.32. The number of hydrogen-bond acceptors (Lipinski definition) is 3. The maximum absolute atomic E-state index is 12.7. The Hall–Kier alpha value is -1.88. The highest BCUT2D eigenvalue weighted by Gasteiger charge is 2.25. The van der Waals surface area contributed by atoms with Crippen molar-refractivity contribution in [1.82, 2.24) is 4.90 Å². The highest BCUT2D eigenvalue weighted by atomic mass is 16.5. The molecule has 1 N–H and O–H groups in total. The van der Waals surface area contributed by atoms with Gasteiger partial charge in [-0.25, -0.2) is 0 Å². The minimum absolute atomic E-state index is 0.00809. The number of carbonyl (C=O) groups excluding carboxylic acids is 2. The molecule has 1 saturated heterocycles. The number of nitrogens with one attached hydrogen (secondary N) is 1. The summed E-state index contributed by atoms with van der Waals surface area (Å²) in [5, 5.41) is 2.87. The number of rotatable bonds is 4. The summed E-state index contributed by atoms with van der Waals surface area (Å²) in [6.07, 6.45) is 2.08. The topological polar surface area (TPSA) is 58.6 Å². The van der Waals surface area contributed by atoms with Gasteiger partial charge in [-0.05, 0) is 38.0 Å². The maximum atomic E-state index is 12.7. The van der Waals surface area contributed by atoms with E-state index in [1.165, 1.54) is 0 Å². The number of benzene rings is 1. The normalized spacial score (nSPS) is 18.3. The molecule has 2 amide bonds. The molecule has 1 heterocycles. The fourth-order valence-corrected chi connectivity index (χ4v) is 2.73. The molecular formula is C19H28N2O3. The lowest BCUT2D eigenvalue weighted by atomic mass is 9.95. The molecule has 24 heavy (non-hydrogen) atoms. The minimum atomic E-state index is -0.475. The number of ether oxygens (including phenoxy) is 1. The second kappa shape index (κ2) is 7.79. The summed E-state index contributed by atoms with van der Waals surface area (Å²) >= 11 is 0. The minimum Gasteiger partial charge on any atom is -0.377 e. The number of piperidine rings is 1. The zero-order valence-corrected chi connectivity index (χ0v) is 15.1. The molecule has 0 saturated carbocycles. The van der Waals surface area contributed by atoms with Gasteiger partial charge < -0.3 is 15.0 Å². The molecule has 0 bridgehead atoms. The van der Waals surface area contributed by atoms with Crippen molar-refractivity contribution in [3.05, 3.63) is 29.8 Å². The van der Waals surface area contributed by atoms with Crippen LogP contribution in [0.4, 0.5) is 5.69 Å². The fraction of sp³-hybridized carbons (Fsp3) is 0.579. The van der Waals surface area contributed by atoms with E-state index in [9.17, 15) is 9.59 Å². The Balaban J connectivity index is 2.07. The lowest BCUT2D eigenvalue weighted by Crippen LogP contribution is -2.43. The van der Waals surface area contributed by atoms with Crippen LogP contribution in [0, 0.1) is 5.41 Å². The Kier molecular flexibility index (Phi) is 5.99. The first-order valence-corrected chi connectivity index (χ1v) is 8.63. The van der Waals surface area contributed by atoms with Crippen molar-refractivity contribution in [3.8, 4) is 0 Å². The molecule has 5 nitrogen and oxygen atoms in total. The van der Waals surface area contributed by atoms with Crippen molar-refractivity contribution in [2.75, 3.05) is 25.0 Å². The molecule has 1 aliphatic rings. The molecule has 1 aromatic carbocycles. The van der Waals surface area contributed by atoms with Crippen molar-refractivity contribution < 1.29 is 14.3 Å². The molecule has 0 aromatic heterocycles. The highest BCUT2D eigenvalue weighted by molar-refractivity contribution is 5.98. The van der Waals surface area contributed by atoms with Crippen molar-refractivity contribution in [3.63, 3.8) is 0 Å². The van der Waals surface area contributed by atoms with Gasteiger partial charge >= 0.3 is 0 Å². The third kappa shape index (κ3) is 4.81. The zero-order chi connectivity index (χ0) is 17.7. The van der Waals surface area contributed by atoms with Crippen LogP contribution in [0.1, 0.15) is 50.9 Å². The Morgan fingerprint density at radius 3 is 2.75 bits per heavy atom. The first kappa shape index (κ1) is 18.5. The number of carbonyl (C=O) groups is 2. The van der Waals surface area contributed by atoms with E-state index in [0.29, 0.717) is 24.4 Å². The summed E-state index contributed by atoms with van der Waals surface area (Å²) in [5.41, 5.74) is 0.774. The first-order valence-electron chi connectivity index (χ1n) is 8.63. The summed E-state index contributed by atoms with van der Waals surface area (Å²) < 4.78 is 5.66. The smallest absolute Gasteiger partial charge is 0.254 e. The van der Waals surface area contributed by atoms with Gasteiger partial charge in [-0.2, -0.15) is 0 Å². The van der Waals surface area contributed by atoms with Crippen LogP contribution in [0.25, 0.3) is 0 Å². The Morgan fingerprint density at radius 2 is 2.08 bits per heavy atom. The molecule has 1 fully saturated rings. The summed E-state index contributed by atoms with van der Waals surface area (Å²) in [6.45, 7) is 9.60. The standard InChI is InChI=1S/C19H28N2O3/c1-5-24-16-10-7-11-21(13-16)17(22)14-8-6-9-15(12-14)20-18(23)19(2,3)4/h6,8-9,12,16H,5,7,10-11,13H2,1-4H3,(H,20,23). The lowest BCUT2D eigenvalue weighted by molar-refractivity contribution is -0.123. The quantitative estimate of drug-likeness (QED) is 0.920. The Morgan fingerprint density at radius 1 is 1.33 bits per heavy atom. The second-order valence-electron chi connectivity index (χ2n) is 7.26. The predicted octanol–water partition coefficient (Wildman–Crippen LogP) is 3.31. The number of anilines is 1. The molecule has 0 aliphatic carbocycles. The van der Waals surface area contributed by atoms with Gasteiger partial charge in [0.25, 0.3) is 5.91 Å². The van der Waals surface area contributed by atoms with E-state index in [4.69, 9.17) is 4.74 Å². The number of amides is 2. The second-order valence-corrected chi connectivity index (χ2v) is 7.26. The van der Waals surface area contributed by atoms with Crippen molar-refractivity contribution in [1.29, 1.82) is 0 Å². The maximum Gasteiger partial charge on any atom is 0.254 e. The molecule has 1 unspecified atom stereocenters. The molecule has 1 aliphatic heterocycles. The summed E-state index contributed by atoms with van der Waals surface area (Å²) in [4.78, 5) is 26.7. The van der Waals surface area contributed by atoms with Crippen LogP contribution in [-0.2, 0) is 9.53 Å². The van der Waals surface area contributed by atoms with Crippen LogP contribution < -0.4 is 5.32 Å². The van der Waals surface area contributed by atoms with Crippen LogP contribution in [0.3, 0.4) is 0 Å². The monoisotopic (exact) mass is 332 g/mol. The van der Waals surface area contributed by atoms with E-state index in [0.717, 1.165) is 19.4 Å². The SMILES string of the molecule is CCOC1CCCN(C(=O)c2cccc(NC(=O)C(C)(C)C)c2)C1. The van der Waals surface area contributed by atoms with Crippen LogP contribution in [0.15, 0.2) is 24.3 Å². The largest absolute Gasteiger partial charge is 0.377 e. The average Bonchev–Trinajstić information content (AvgIpc) is 2.54. The van der Waals surface area contributed by atoms with Crippen molar-refractivity contribution in [2.45, 2.75) is 46.6 Å². The molecule has 0 spiro atoms. The molecule has 1 atom stereocenters. The fourth-order valence-electron chi connectivity index (χ4n) is 2.73. The van der Waals surface area contributed by atoms with Gasteiger partial charge in [0.05, 0.1) is 6.10 Å². The van der Waals surface area contributed by atoms with Crippen LogP contribution in [0.2, 0.25) is 0 Å². The summed E-state index contributed by atoms with van der Waals surface area (Å²) in [5.74, 6) is -0.0762. The molecule has 0 radical (unpaired) electrons. The zero-order valence-electron chi connectivity index (χ0n) is 15.1. The average molecular weight is 332 g/mol. The summed E-state index contributed by atoms with van der Waals surface area (Å²) in [6, 6.07) is 7.14. The third-order valence-corrected chi connectivity index (χ3v) is 4.12. The summed E-state index contributed by atoms with van der Waals surface area (Å²) in [7, 11) is 0. The van der Waals surface area contributed by atoms with E-state index >= 15 is 0 Å². The van der Waals surface area contributed by atoms with Crippen molar-refractivity contribution in [2.24, 2.45) is 5.41 Å². The van der Waals surface area contributed by atoms with Gasteiger partial charge in [0.15, 0.2) is 0 Å². The molecule has 5 heteroatoms. The third-order valence-electron chi connectivity index (χ3n) is 4.12. The van der Waals surface area contributed by atoms with Crippen molar-refractivity contribution >= 4 is 17.5 Å². The van der Waals surface area contributed by atoms with Crippen LogP contribution in [0.5, 0.6) is 0 Å². The van der Waals surface area contributed by atoms with E-state index in [-0.39, 0.29) is 17.9 Å². The molecule has 2 rings (SSSR count). The van der Waals surface area contributed by atoms with E-state index in [1.807, 2.05) is 32.6 Å². The molecule has 132 valence electrons. The Labute approximate surface area is 144 Å². The number of likely N-dealkylation sites (tertiary alicyclic amines) is 1. The van der Waals surface area contributed by atoms with Gasteiger partial charge in [0.2, 0.25) is 5.91 Å². The Bertz CT molecular complexity index is 591. The van der Waals surface area contributed by atoms with Crippen LogP contribution in [-0.4, -0.2) is 42.5 Å². The molecule has 1 aromatic rings.